The summed E-state index contributed by atoms with van der Waals surface area (Å²) in [6, 6.07) is 3.92. The third-order valence-electron chi connectivity index (χ3n) is 2.95. The number of alkyl halides is 3. The minimum atomic E-state index is -4.58. The lowest BCUT2D eigenvalue weighted by Crippen LogP contribution is -2.38. The molecule has 112 valence electrons. The van der Waals surface area contributed by atoms with E-state index >= 15 is 0 Å². The third kappa shape index (κ3) is 3.62. The fraction of sp³-hybridized carbons (Fsp3) is 0.286. The zero-order chi connectivity index (χ0) is 15.6. The molecule has 1 atom stereocenters. The van der Waals surface area contributed by atoms with Crippen LogP contribution in [0.2, 0.25) is 0 Å². The van der Waals surface area contributed by atoms with Gasteiger partial charge in [-0.25, -0.2) is 0 Å². The molecule has 1 aromatic heterocycles. The number of halogens is 3. The zero-order valence-corrected chi connectivity index (χ0v) is 11.5. The van der Waals surface area contributed by atoms with Gasteiger partial charge in [-0.3, -0.25) is 9.48 Å². The molecule has 0 fully saturated rings. The third-order valence-corrected chi connectivity index (χ3v) is 2.95. The fourth-order valence-corrected chi connectivity index (χ4v) is 1.96. The van der Waals surface area contributed by atoms with Gasteiger partial charge in [-0.2, -0.15) is 18.3 Å². The van der Waals surface area contributed by atoms with Gasteiger partial charge in [0.1, 0.15) is 0 Å². The van der Waals surface area contributed by atoms with E-state index in [4.69, 9.17) is 0 Å². The summed E-state index contributed by atoms with van der Waals surface area (Å²) in [5.74, 6) is -0.813. The number of benzene rings is 1. The highest BCUT2D eigenvalue weighted by Crippen LogP contribution is 2.33. The second kappa shape index (κ2) is 5.59. The molecule has 21 heavy (non-hydrogen) atoms. The average Bonchev–Trinajstić information content (AvgIpc) is 2.81. The normalized spacial score (nSPS) is 13.0. The van der Waals surface area contributed by atoms with Crippen molar-refractivity contribution in [3.8, 4) is 0 Å². The van der Waals surface area contributed by atoms with E-state index in [0.29, 0.717) is 5.56 Å². The Kier molecular flexibility index (Phi) is 4.02. The number of aromatic nitrogens is 2. The minimum absolute atomic E-state index is 0.000240. The predicted molar refractivity (Wildman–Crippen MR) is 70.6 cm³/mol. The van der Waals surface area contributed by atoms with Crippen molar-refractivity contribution in [2.24, 2.45) is 7.05 Å². The Morgan fingerprint density at radius 3 is 2.62 bits per heavy atom. The molecule has 1 unspecified atom stereocenters. The molecule has 0 aliphatic carbocycles. The summed E-state index contributed by atoms with van der Waals surface area (Å²) in [4.78, 5) is 11.9. The number of hydrogen-bond donors (Lipinski definition) is 1. The van der Waals surface area contributed by atoms with Crippen LogP contribution < -0.4 is 5.32 Å². The van der Waals surface area contributed by atoms with E-state index < -0.39 is 18.1 Å². The van der Waals surface area contributed by atoms with Crippen LogP contribution in [0.5, 0.6) is 0 Å². The number of rotatable bonds is 3. The molecular weight excluding hydrogens is 283 g/mol. The first-order chi connectivity index (χ1) is 9.77. The Bertz CT molecular complexity index is 649. The standard InChI is InChI=1S/C14H14F3N3O/c1-9-4-3-5-10(6-9)12(14(15,16)17)19-13(21)11-7-18-20(2)8-11/h3-8,12H,1-2H3,(H,19,21). The summed E-state index contributed by atoms with van der Waals surface area (Å²) >= 11 is 0. The van der Waals surface area contributed by atoms with Crippen LogP contribution in [-0.4, -0.2) is 21.9 Å². The first-order valence-corrected chi connectivity index (χ1v) is 6.20. The van der Waals surface area contributed by atoms with E-state index in [0.717, 1.165) is 0 Å². The van der Waals surface area contributed by atoms with E-state index in [2.05, 4.69) is 5.10 Å². The molecule has 0 aliphatic rings. The fourth-order valence-electron chi connectivity index (χ4n) is 1.96. The summed E-state index contributed by atoms with van der Waals surface area (Å²) < 4.78 is 40.9. The summed E-state index contributed by atoms with van der Waals surface area (Å²) in [7, 11) is 1.58. The lowest BCUT2D eigenvalue weighted by molar-refractivity contribution is -0.155. The van der Waals surface area contributed by atoms with Crippen LogP contribution in [-0.2, 0) is 7.05 Å². The molecular formula is C14H14F3N3O. The number of hydrogen-bond acceptors (Lipinski definition) is 2. The van der Waals surface area contributed by atoms with Gasteiger partial charge in [0.2, 0.25) is 0 Å². The molecule has 1 aromatic carbocycles. The van der Waals surface area contributed by atoms with Crippen LogP contribution in [0.1, 0.15) is 27.5 Å². The van der Waals surface area contributed by atoms with E-state index in [1.54, 1.807) is 20.0 Å². The Morgan fingerprint density at radius 2 is 2.10 bits per heavy atom. The van der Waals surface area contributed by atoms with Crippen molar-refractivity contribution >= 4 is 5.91 Å². The van der Waals surface area contributed by atoms with Crippen molar-refractivity contribution in [1.29, 1.82) is 0 Å². The monoisotopic (exact) mass is 297 g/mol. The summed E-state index contributed by atoms with van der Waals surface area (Å²) in [6.45, 7) is 1.69. The van der Waals surface area contributed by atoms with Crippen molar-refractivity contribution in [3.05, 3.63) is 53.3 Å². The first-order valence-electron chi connectivity index (χ1n) is 6.20. The highest BCUT2D eigenvalue weighted by Gasteiger charge is 2.42. The molecule has 2 aromatic rings. The largest absolute Gasteiger partial charge is 0.412 e. The van der Waals surface area contributed by atoms with Crippen LogP contribution in [0.15, 0.2) is 36.7 Å². The molecule has 2 rings (SSSR count). The predicted octanol–water partition coefficient (Wildman–Crippen LogP) is 2.76. The number of nitrogens with zero attached hydrogens (tertiary/aromatic N) is 2. The van der Waals surface area contributed by atoms with Crippen molar-refractivity contribution < 1.29 is 18.0 Å². The van der Waals surface area contributed by atoms with Crippen molar-refractivity contribution in [2.45, 2.75) is 19.1 Å². The molecule has 0 aliphatic heterocycles. The van der Waals surface area contributed by atoms with Crippen LogP contribution in [0.4, 0.5) is 13.2 Å². The molecule has 7 heteroatoms. The van der Waals surface area contributed by atoms with Gasteiger partial charge in [0, 0.05) is 13.2 Å². The molecule has 0 bridgehead atoms. The number of nitrogens with one attached hydrogen (secondary N) is 1. The second-order valence-corrected chi connectivity index (χ2v) is 4.76. The van der Waals surface area contributed by atoms with Gasteiger partial charge in [-0.15, -0.1) is 0 Å². The first kappa shape index (κ1) is 15.1. The van der Waals surface area contributed by atoms with Crippen molar-refractivity contribution in [3.63, 3.8) is 0 Å². The zero-order valence-electron chi connectivity index (χ0n) is 11.5. The average molecular weight is 297 g/mol. The van der Waals surface area contributed by atoms with E-state index in [1.807, 2.05) is 5.32 Å². The Morgan fingerprint density at radius 1 is 1.38 bits per heavy atom. The minimum Gasteiger partial charge on any atom is -0.337 e. The smallest absolute Gasteiger partial charge is 0.337 e. The van der Waals surface area contributed by atoms with Crippen LogP contribution >= 0.6 is 0 Å². The van der Waals surface area contributed by atoms with Crippen molar-refractivity contribution in [1.82, 2.24) is 15.1 Å². The Balaban J connectivity index is 2.28. The molecule has 4 nitrogen and oxygen atoms in total. The Labute approximate surface area is 119 Å². The van der Waals surface area contributed by atoms with Gasteiger partial charge < -0.3 is 5.32 Å². The molecule has 0 spiro atoms. The maximum absolute atomic E-state index is 13.2. The lowest BCUT2D eigenvalue weighted by Gasteiger charge is -2.22. The highest BCUT2D eigenvalue weighted by atomic mass is 19.4. The van der Waals surface area contributed by atoms with Gasteiger partial charge >= 0.3 is 6.18 Å². The van der Waals surface area contributed by atoms with E-state index in [9.17, 15) is 18.0 Å². The topological polar surface area (TPSA) is 46.9 Å². The van der Waals surface area contributed by atoms with Crippen molar-refractivity contribution in [2.75, 3.05) is 0 Å². The van der Waals surface area contributed by atoms with Gasteiger partial charge in [-0.05, 0) is 12.5 Å². The number of carbonyl (C=O) groups is 1. The summed E-state index contributed by atoms with van der Waals surface area (Å²) in [6.07, 6.45) is -2.00. The van der Waals surface area contributed by atoms with E-state index in [1.165, 1.54) is 35.3 Å². The van der Waals surface area contributed by atoms with Gasteiger partial charge in [-0.1, -0.05) is 29.8 Å². The molecule has 0 radical (unpaired) electrons. The number of amides is 1. The molecule has 0 saturated carbocycles. The molecule has 0 saturated heterocycles. The highest BCUT2D eigenvalue weighted by molar-refractivity contribution is 5.94. The van der Waals surface area contributed by atoms with E-state index in [-0.39, 0.29) is 11.1 Å². The number of aryl methyl sites for hydroxylation is 2. The molecule has 1 amide bonds. The number of carbonyl (C=O) groups excluding carboxylic acids is 1. The van der Waals surface area contributed by atoms with Crippen LogP contribution in [0, 0.1) is 6.92 Å². The van der Waals surface area contributed by atoms with Crippen LogP contribution in [0.3, 0.4) is 0 Å². The quantitative estimate of drug-likeness (QED) is 0.947. The van der Waals surface area contributed by atoms with Gasteiger partial charge in [0.25, 0.3) is 5.91 Å². The van der Waals surface area contributed by atoms with Crippen LogP contribution in [0.25, 0.3) is 0 Å². The maximum atomic E-state index is 13.2. The van der Waals surface area contributed by atoms with Gasteiger partial charge in [0.15, 0.2) is 6.04 Å². The SMILES string of the molecule is Cc1cccc(C(NC(=O)c2cnn(C)c2)C(F)(F)F)c1. The van der Waals surface area contributed by atoms with Gasteiger partial charge in [0.05, 0.1) is 11.8 Å². The summed E-state index contributed by atoms with van der Waals surface area (Å²) in [5.41, 5.74) is 0.775. The molecule has 1 heterocycles. The summed E-state index contributed by atoms with van der Waals surface area (Å²) in [5, 5.41) is 5.78. The second-order valence-electron chi connectivity index (χ2n) is 4.76. The molecule has 1 N–H and O–H groups in total. The Hall–Kier alpha value is -2.31. The maximum Gasteiger partial charge on any atom is 0.412 e. The lowest BCUT2D eigenvalue weighted by atomic mass is 10.0.